The second-order valence-electron chi connectivity index (χ2n) is 1.19. The summed E-state index contributed by atoms with van der Waals surface area (Å²) in [5.41, 5.74) is -0.257. The first-order valence-corrected chi connectivity index (χ1v) is 3.38. The van der Waals surface area contributed by atoms with Crippen LogP contribution in [0.4, 0.5) is 4.79 Å². The van der Waals surface area contributed by atoms with Gasteiger partial charge in [-0.25, -0.2) is 4.79 Å². The molecule has 1 atom stereocenters. The average molecular weight is 136 g/mol. The van der Waals surface area contributed by atoms with Crippen LogP contribution < -0.4 is 0 Å². The molecule has 0 spiro atoms. The zero-order valence-electron chi connectivity index (χ0n) is 4.75. The molecule has 0 bridgehead atoms. The molecule has 1 N–H and O–H groups in total. The Morgan fingerprint density at radius 2 is 2.38 bits per heavy atom. The summed E-state index contributed by atoms with van der Waals surface area (Å²) in [4.78, 5) is 9.73. The fourth-order valence-electron chi connectivity index (χ4n) is 0.190. The number of thioether (sulfide) groups is 1. The maximum atomic E-state index is 9.73. The van der Waals surface area contributed by atoms with Gasteiger partial charge in [0.25, 0.3) is 0 Å². The van der Waals surface area contributed by atoms with Crippen molar-refractivity contribution in [3.8, 4) is 0 Å². The van der Waals surface area contributed by atoms with Gasteiger partial charge >= 0.3 is 6.16 Å². The zero-order chi connectivity index (χ0) is 6.57. The van der Waals surface area contributed by atoms with E-state index in [4.69, 9.17) is 5.11 Å². The van der Waals surface area contributed by atoms with E-state index in [2.05, 4.69) is 4.74 Å². The molecule has 0 aliphatic heterocycles. The molecule has 0 aromatic heterocycles. The number of ether oxygens (including phenoxy) is 1. The van der Waals surface area contributed by atoms with Crippen molar-refractivity contribution in [2.24, 2.45) is 0 Å². The lowest BCUT2D eigenvalue weighted by Gasteiger charge is -2.04. The lowest BCUT2D eigenvalue weighted by molar-refractivity contribution is 0.0872. The molecule has 4 heteroatoms. The third-order valence-corrected chi connectivity index (χ3v) is 1.36. The molecule has 0 aliphatic rings. The molecule has 48 valence electrons. The Morgan fingerprint density at radius 3 is 2.50 bits per heavy atom. The van der Waals surface area contributed by atoms with Crippen LogP contribution in [0.1, 0.15) is 6.92 Å². The summed E-state index contributed by atoms with van der Waals surface area (Å²) < 4.78 is 4.28. The Bertz CT molecular complexity index is 83.4. The number of hydrogen-bond acceptors (Lipinski definition) is 3. The first-order valence-electron chi connectivity index (χ1n) is 2.09. The van der Waals surface area contributed by atoms with Crippen molar-refractivity contribution >= 4 is 17.9 Å². The van der Waals surface area contributed by atoms with Gasteiger partial charge in [0.1, 0.15) is 5.44 Å². The van der Waals surface area contributed by atoms with Crippen LogP contribution in [0.3, 0.4) is 0 Å². The van der Waals surface area contributed by atoms with Crippen LogP contribution in [0.25, 0.3) is 0 Å². The molecule has 0 saturated heterocycles. The van der Waals surface area contributed by atoms with E-state index < -0.39 is 6.16 Å². The van der Waals surface area contributed by atoms with Crippen LogP contribution in [0.5, 0.6) is 0 Å². The van der Waals surface area contributed by atoms with Gasteiger partial charge in [-0.2, -0.15) is 0 Å². The Kier molecular flexibility index (Phi) is 3.43. The van der Waals surface area contributed by atoms with Crippen molar-refractivity contribution in [1.82, 2.24) is 0 Å². The van der Waals surface area contributed by atoms with E-state index >= 15 is 0 Å². The van der Waals surface area contributed by atoms with Crippen LogP contribution in [-0.2, 0) is 4.74 Å². The Balaban J connectivity index is 3.24. The first-order chi connectivity index (χ1) is 3.66. The van der Waals surface area contributed by atoms with Crippen molar-refractivity contribution < 1.29 is 14.6 Å². The van der Waals surface area contributed by atoms with Gasteiger partial charge in [0.2, 0.25) is 0 Å². The summed E-state index contributed by atoms with van der Waals surface area (Å²) in [6.45, 7) is 1.68. The van der Waals surface area contributed by atoms with E-state index in [1.54, 1.807) is 13.2 Å². The summed E-state index contributed by atoms with van der Waals surface area (Å²) in [5, 5.41) is 7.98. The highest BCUT2D eigenvalue weighted by Crippen LogP contribution is 2.05. The summed E-state index contributed by atoms with van der Waals surface area (Å²) in [7, 11) is 0. The fourth-order valence-corrected chi connectivity index (χ4v) is 0.369. The fraction of sp³-hybridized carbons (Fsp3) is 0.750. The summed E-state index contributed by atoms with van der Waals surface area (Å²) in [5.74, 6) is 0. The van der Waals surface area contributed by atoms with E-state index in [1.807, 2.05) is 0 Å². The maximum absolute atomic E-state index is 9.73. The number of hydrogen-bond donors (Lipinski definition) is 1. The minimum atomic E-state index is -1.22. The predicted molar refractivity (Wildman–Crippen MR) is 32.1 cm³/mol. The second kappa shape index (κ2) is 3.60. The molecule has 0 heterocycles. The van der Waals surface area contributed by atoms with E-state index in [0.717, 1.165) is 0 Å². The maximum Gasteiger partial charge on any atom is 0.506 e. The molecule has 0 aromatic rings. The van der Waals surface area contributed by atoms with Crippen molar-refractivity contribution in [3.63, 3.8) is 0 Å². The van der Waals surface area contributed by atoms with Gasteiger partial charge in [-0.3, -0.25) is 0 Å². The van der Waals surface area contributed by atoms with Gasteiger partial charge in [0.05, 0.1) is 0 Å². The molecule has 0 aliphatic carbocycles. The Labute approximate surface area is 52.0 Å². The lowest BCUT2D eigenvalue weighted by Crippen LogP contribution is -2.07. The largest absolute Gasteiger partial charge is 0.506 e. The van der Waals surface area contributed by atoms with E-state index in [1.165, 1.54) is 11.8 Å². The van der Waals surface area contributed by atoms with Gasteiger partial charge in [-0.15, -0.1) is 11.8 Å². The van der Waals surface area contributed by atoms with Crippen molar-refractivity contribution in [2.45, 2.75) is 12.4 Å². The van der Waals surface area contributed by atoms with Crippen LogP contribution in [-0.4, -0.2) is 23.0 Å². The summed E-state index contributed by atoms with van der Waals surface area (Å²) >= 11 is 1.35. The van der Waals surface area contributed by atoms with Crippen LogP contribution in [0, 0.1) is 0 Å². The molecule has 0 fully saturated rings. The van der Waals surface area contributed by atoms with Crippen LogP contribution in [0.15, 0.2) is 0 Å². The Morgan fingerprint density at radius 1 is 1.88 bits per heavy atom. The number of carbonyl (C=O) groups is 1. The minimum Gasteiger partial charge on any atom is -0.450 e. The zero-order valence-corrected chi connectivity index (χ0v) is 5.57. The second-order valence-corrected chi connectivity index (χ2v) is 2.32. The van der Waals surface area contributed by atoms with E-state index in [9.17, 15) is 4.79 Å². The molecule has 8 heavy (non-hydrogen) atoms. The molecular formula is C4H8O3S. The molecule has 0 radical (unpaired) electrons. The van der Waals surface area contributed by atoms with Crippen LogP contribution in [0.2, 0.25) is 0 Å². The molecule has 0 amide bonds. The highest BCUT2D eigenvalue weighted by atomic mass is 32.2. The van der Waals surface area contributed by atoms with Crippen molar-refractivity contribution in [1.29, 1.82) is 0 Å². The van der Waals surface area contributed by atoms with E-state index in [0.29, 0.717) is 0 Å². The number of rotatable bonds is 2. The summed E-state index contributed by atoms with van der Waals surface area (Å²) in [6.07, 6.45) is 0.569. The topological polar surface area (TPSA) is 46.5 Å². The smallest absolute Gasteiger partial charge is 0.450 e. The normalized spacial score (nSPS) is 12.8. The van der Waals surface area contributed by atoms with Gasteiger partial charge in [-0.05, 0) is 13.2 Å². The minimum absolute atomic E-state index is 0.257. The SMILES string of the molecule is CSC(C)OC(=O)O. The quantitative estimate of drug-likeness (QED) is 0.460. The molecule has 0 saturated carbocycles. The summed E-state index contributed by atoms with van der Waals surface area (Å²) in [6, 6.07) is 0. The molecule has 0 aromatic carbocycles. The first kappa shape index (κ1) is 7.62. The Hall–Kier alpha value is -0.380. The standard InChI is InChI=1S/C4H8O3S/c1-3(8-2)7-4(5)6/h3H,1-2H3,(H,5,6). The van der Waals surface area contributed by atoms with Gasteiger partial charge in [0, 0.05) is 0 Å². The number of carboxylic acid groups (broad SMARTS) is 1. The molecule has 0 rings (SSSR count). The molecule has 3 nitrogen and oxygen atoms in total. The third-order valence-electron chi connectivity index (χ3n) is 0.599. The average Bonchev–Trinajstić information content (AvgIpc) is 1.65. The van der Waals surface area contributed by atoms with Crippen LogP contribution >= 0.6 is 11.8 Å². The molecule has 1 unspecified atom stereocenters. The van der Waals surface area contributed by atoms with Gasteiger partial charge < -0.3 is 9.84 Å². The van der Waals surface area contributed by atoms with Gasteiger partial charge in [-0.1, -0.05) is 0 Å². The highest BCUT2D eigenvalue weighted by molar-refractivity contribution is 7.99. The van der Waals surface area contributed by atoms with Crippen molar-refractivity contribution in [2.75, 3.05) is 6.26 Å². The molecular weight excluding hydrogens is 128 g/mol. The monoisotopic (exact) mass is 136 g/mol. The highest BCUT2D eigenvalue weighted by Gasteiger charge is 2.02. The van der Waals surface area contributed by atoms with Crippen molar-refractivity contribution in [3.05, 3.63) is 0 Å². The predicted octanol–water partition coefficient (Wildman–Crippen LogP) is 1.39. The lowest BCUT2D eigenvalue weighted by atomic mass is 10.9. The third kappa shape index (κ3) is 3.80. The van der Waals surface area contributed by atoms with Gasteiger partial charge in [0.15, 0.2) is 0 Å². The van der Waals surface area contributed by atoms with E-state index in [-0.39, 0.29) is 5.44 Å².